The summed E-state index contributed by atoms with van der Waals surface area (Å²) >= 11 is 5.94. The van der Waals surface area contributed by atoms with Crippen LogP contribution in [0, 0.1) is 5.82 Å². The molecule has 204 valence electrons. The number of carbonyl (C=O) groups excluding carboxylic acids is 1. The molecule has 1 fully saturated rings. The lowest BCUT2D eigenvalue weighted by atomic mass is 10.1. The molecular weight excluding hydrogens is 503 g/mol. The van der Waals surface area contributed by atoms with E-state index in [4.69, 9.17) is 16.3 Å². The van der Waals surface area contributed by atoms with Gasteiger partial charge in [-0.15, -0.1) is 0 Å². The lowest BCUT2D eigenvalue weighted by Crippen LogP contribution is -2.44. The molecule has 0 aliphatic carbocycles. The molecule has 38 heavy (non-hydrogen) atoms. The van der Waals surface area contributed by atoms with Crippen LogP contribution in [0.2, 0.25) is 5.02 Å². The fraction of sp³-hybridized carbons (Fsp3) is 0.400. The number of carbonyl (C=O) groups is 1. The summed E-state index contributed by atoms with van der Waals surface area (Å²) in [6, 6.07) is 15.8. The standard InChI is InChI=1S/C28H32ClFN4O2.C2H6/c1-33-10-12-34(13-11-33)9-2-14-36-27-16-21(15-25(30)17-27)19-32-28(35)18-26-8-5-23(20-31-26)22-3-6-24(29)7-4-22;1-2/h3-8,15-17,20H,2,9-14,18-19H2,1H3,(H,32,35);1-2H3. The highest BCUT2D eigenvalue weighted by atomic mass is 35.5. The molecule has 3 aromatic rings. The van der Waals surface area contributed by atoms with Gasteiger partial charge in [-0.2, -0.15) is 0 Å². The van der Waals surface area contributed by atoms with Gasteiger partial charge < -0.3 is 19.9 Å². The molecule has 0 saturated carbocycles. The number of benzene rings is 2. The molecule has 4 rings (SSSR count). The number of ether oxygens (including phenoxy) is 1. The van der Waals surface area contributed by atoms with Crippen molar-refractivity contribution in [2.24, 2.45) is 0 Å². The predicted octanol–water partition coefficient (Wildman–Crippen LogP) is 5.44. The summed E-state index contributed by atoms with van der Waals surface area (Å²) in [5.74, 6) is -0.0759. The van der Waals surface area contributed by atoms with Crippen LogP contribution in [0.3, 0.4) is 0 Å². The number of halogens is 2. The number of pyridine rings is 1. The summed E-state index contributed by atoms with van der Waals surface area (Å²) in [6.07, 6.45) is 2.77. The Kier molecular flexibility index (Phi) is 12.0. The molecule has 1 aliphatic rings. The minimum atomic E-state index is -0.379. The van der Waals surface area contributed by atoms with E-state index in [0.29, 0.717) is 28.6 Å². The quantitative estimate of drug-likeness (QED) is 0.347. The lowest BCUT2D eigenvalue weighted by Gasteiger charge is -2.32. The number of likely N-dealkylation sites (N-methyl/N-ethyl adjacent to an activating group) is 1. The van der Waals surface area contributed by atoms with Gasteiger partial charge >= 0.3 is 0 Å². The second kappa shape index (κ2) is 15.4. The maximum Gasteiger partial charge on any atom is 0.226 e. The first-order valence-corrected chi connectivity index (χ1v) is 13.6. The highest BCUT2D eigenvalue weighted by molar-refractivity contribution is 6.30. The first-order chi connectivity index (χ1) is 18.4. The van der Waals surface area contributed by atoms with Crippen molar-refractivity contribution in [2.75, 3.05) is 46.4 Å². The van der Waals surface area contributed by atoms with Gasteiger partial charge in [-0.25, -0.2) is 4.39 Å². The molecule has 0 radical (unpaired) electrons. The van der Waals surface area contributed by atoms with Crippen molar-refractivity contribution in [1.29, 1.82) is 0 Å². The molecule has 1 saturated heterocycles. The van der Waals surface area contributed by atoms with E-state index in [1.165, 1.54) is 12.1 Å². The minimum Gasteiger partial charge on any atom is -0.493 e. The first-order valence-electron chi connectivity index (χ1n) is 13.3. The van der Waals surface area contributed by atoms with Crippen LogP contribution in [0.25, 0.3) is 11.1 Å². The Morgan fingerprint density at radius 3 is 2.42 bits per heavy atom. The van der Waals surface area contributed by atoms with Gasteiger partial charge in [0.2, 0.25) is 5.91 Å². The molecule has 2 heterocycles. The Hall–Kier alpha value is -3.00. The third-order valence-corrected chi connectivity index (χ3v) is 6.50. The van der Waals surface area contributed by atoms with E-state index >= 15 is 0 Å². The SMILES string of the molecule is CC.CN1CCN(CCCOc2cc(F)cc(CNC(=O)Cc3ccc(-c4ccc(Cl)cc4)cn3)c2)CC1. The monoisotopic (exact) mass is 540 g/mol. The Labute approximate surface area is 230 Å². The zero-order valence-corrected chi connectivity index (χ0v) is 23.3. The van der Waals surface area contributed by atoms with E-state index < -0.39 is 0 Å². The number of nitrogens with zero attached hydrogens (tertiary/aromatic N) is 3. The molecule has 1 amide bonds. The van der Waals surface area contributed by atoms with Crippen LogP contribution in [-0.4, -0.2) is 67.1 Å². The Bertz CT molecular complexity index is 1130. The predicted molar refractivity (Wildman–Crippen MR) is 152 cm³/mol. The molecule has 0 bridgehead atoms. The van der Waals surface area contributed by atoms with Crippen molar-refractivity contribution in [3.8, 4) is 16.9 Å². The van der Waals surface area contributed by atoms with Gasteiger partial charge in [0.15, 0.2) is 0 Å². The Morgan fingerprint density at radius 1 is 1.03 bits per heavy atom. The maximum absolute atomic E-state index is 14.1. The number of aromatic nitrogens is 1. The summed E-state index contributed by atoms with van der Waals surface area (Å²) in [7, 11) is 2.14. The molecular formula is C30H38ClFN4O2. The maximum atomic E-state index is 14.1. The van der Waals surface area contributed by atoms with Gasteiger partial charge in [-0.1, -0.05) is 43.6 Å². The van der Waals surface area contributed by atoms with Crippen LogP contribution in [0.15, 0.2) is 60.8 Å². The third kappa shape index (κ3) is 9.71. The zero-order chi connectivity index (χ0) is 27.3. The van der Waals surface area contributed by atoms with Crippen molar-refractivity contribution >= 4 is 17.5 Å². The van der Waals surface area contributed by atoms with E-state index in [1.807, 2.05) is 50.2 Å². The van der Waals surface area contributed by atoms with Gasteiger partial charge in [0, 0.05) is 67.8 Å². The molecule has 1 aromatic heterocycles. The Morgan fingerprint density at radius 2 is 1.74 bits per heavy atom. The van der Waals surface area contributed by atoms with Gasteiger partial charge in [-0.3, -0.25) is 9.78 Å². The normalized spacial score (nSPS) is 13.9. The number of hydrogen-bond acceptors (Lipinski definition) is 5. The summed E-state index contributed by atoms with van der Waals surface area (Å²) < 4.78 is 19.9. The van der Waals surface area contributed by atoms with E-state index in [2.05, 4.69) is 27.1 Å². The van der Waals surface area contributed by atoms with Gasteiger partial charge in [0.25, 0.3) is 0 Å². The van der Waals surface area contributed by atoms with Gasteiger partial charge in [0.1, 0.15) is 11.6 Å². The second-order valence-corrected chi connectivity index (χ2v) is 9.58. The molecule has 0 spiro atoms. The minimum absolute atomic E-state index is 0.145. The molecule has 8 heteroatoms. The average Bonchev–Trinajstić information content (AvgIpc) is 2.93. The number of piperazine rings is 1. The molecule has 6 nitrogen and oxygen atoms in total. The number of hydrogen-bond donors (Lipinski definition) is 1. The second-order valence-electron chi connectivity index (χ2n) is 9.14. The van der Waals surface area contributed by atoms with E-state index in [9.17, 15) is 9.18 Å². The van der Waals surface area contributed by atoms with Gasteiger partial charge in [-0.05, 0) is 54.9 Å². The van der Waals surface area contributed by atoms with Crippen molar-refractivity contribution in [1.82, 2.24) is 20.1 Å². The molecule has 0 atom stereocenters. The van der Waals surface area contributed by atoms with Crippen molar-refractivity contribution in [3.63, 3.8) is 0 Å². The summed E-state index contributed by atoms with van der Waals surface area (Å²) in [5.41, 5.74) is 3.27. The lowest BCUT2D eigenvalue weighted by molar-refractivity contribution is -0.120. The van der Waals surface area contributed by atoms with Crippen LogP contribution in [0.4, 0.5) is 4.39 Å². The number of rotatable bonds is 10. The van der Waals surface area contributed by atoms with Crippen LogP contribution < -0.4 is 10.1 Å². The summed E-state index contributed by atoms with van der Waals surface area (Å²) in [5, 5.41) is 3.52. The fourth-order valence-corrected chi connectivity index (χ4v) is 4.25. The van der Waals surface area contributed by atoms with E-state index in [1.54, 1.807) is 12.3 Å². The van der Waals surface area contributed by atoms with Crippen molar-refractivity contribution in [2.45, 2.75) is 33.2 Å². The number of amides is 1. The zero-order valence-electron chi connectivity index (χ0n) is 22.6. The summed E-state index contributed by atoms with van der Waals surface area (Å²) in [6.45, 7) is 10.0. The fourth-order valence-electron chi connectivity index (χ4n) is 4.13. The van der Waals surface area contributed by atoms with Crippen LogP contribution in [0.1, 0.15) is 31.5 Å². The van der Waals surface area contributed by atoms with Crippen molar-refractivity contribution < 1.29 is 13.9 Å². The smallest absolute Gasteiger partial charge is 0.226 e. The third-order valence-electron chi connectivity index (χ3n) is 6.25. The largest absolute Gasteiger partial charge is 0.493 e. The van der Waals surface area contributed by atoms with Crippen LogP contribution in [-0.2, 0) is 17.8 Å². The van der Waals surface area contributed by atoms with Crippen LogP contribution in [0.5, 0.6) is 5.75 Å². The highest BCUT2D eigenvalue weighted by Crippen LogP contribution is 2.21. The molecule has 1 aliphatic heterocycles. The Balaban J connectivity index is 0.00000195. The molecule has 0 unspecified atom stereocenters. The van der Waals surface area contributed by atoms with E-state index in [-0.39, 0.29) is 24.7 Å². The van der Waals surface area contributed by atoms with E-state index in [0.717, 1.165) is 50.3 Å². The molecule has 1 N–H and O–H groups in total. The topological polar surface area (TPSA) is 57.7 Å². The first kappa shape index (κ1) is 29.6. The van der Waals surface area contributed by atoms with Gasteiger partial charge in [0.05, 0.1) is 13.0 Å². The van der Waals surface area contributed by atoms with Crippen LogP contribution >= 0.6 is 11.6 Å². The average molecular weight is 541 g/mol. The summed E-state index contributed by atoms with van der Waals surface area (Å²) in [4.78, 5) is 21.6. The number of nitrogens with one attached hydrogen (secondary N) is 1. The highest BCUT2D eigenvalue weighted by Gasteiger charge is 2.13. The molecule has 2 aromatic carbocycles. The van der Waals surface area contributed by atoms with Crippen molar-refractivity contribution in [3.05, 3.63) is 82.9 Å².